The van der Waals surface area contributed by atoms with E-state index in [1.807, 2.05) is 47.4 Å². The highest BCUT2D eigenvalue weighted by Gasteiger charge is 2.36. The topological polar surface area (TPSA) is 67.9 Å². The molecule has 0 radical (unpaired) electrons. The molecule has 4 rings (SSSR count). The molecule has 0 bridgehead atoms. The number of hydrogen-bond acceptors (Lipinski definition) is 4. The standard InChI is InChI=1S/C27H33ClN2O4/c28-22-9-7-21(8-10-22)19-25(31)30-15-12-27(13-16-30)11-3-4-17-33-18-14-29-26(32)23-5-1-2-6-24(23)34-20-27/h1-2,5-10H,3-4,11-20H2,(H,29,32). The average molecular weight is 485 g/mol. The van der Waals surface area contributed by atoms with E-state index in [0.717, 1.165) is 37.7 Å². The number of nitrogens with zero attached hydrogens (tertiary/aromatic N) is 1. The van der Waals surface area contributed by atoms with Gasteiger partial charge in [0.2, 0.25) is 5.91 Å². The van der Waals surface area contributed by atoms with Crippen molar-refractivity contribution in [1.82, 2.24) is 10.2 Å². The molecule has 34 heavy (non-hydrogen) atoms. The molecule has 1 spiro atoms. The van der Waals surface area contributed by atoms with E-state index in [9.17, 15) is 9.59 Å². The van der Waals surface area contributed by atoms with Gasteiger partial charge in [-0.1, -0.05) is 42.3 Å². The molecule has 2 aliphatic rings. The van der Waals surface area contributed by atoms with Crippen LogP contribution in [0.2, 0.25) is 5.02 Å². The van der Waals surface area contributed by atoms with Crippen LogP contribution in [0.25, 0.3) is 0 Å². The van der Waals surface area contributed by atoms with Crippen LogP contribution in [0, 0.1) is 5.41 Å². The Hall–Kier alpha value is -2.57. The summed E-state index contributed by atoms with van der Waals surface area (Å²) in [6, 6.07) is 14.9. The van der Waals surface area contributed by atoms with Crippen molar-refractivity contribution in [2.45, 2.75) is 38.5 Å². The molecule has 2 aromatic rings. The lowest BCUT2D eigenvalue weighted by atomic mass is 9.75. The number of benzene rings is 2. The monoisotopic (exact) mass is 484 g/mol. The van der Waals surface area contributed by atoms with E-state index in [4.69, 9.17) is 21.1 Å². The number of piperidine rings is 1. The SMILES string of the molecule is O=C1NCCOCCCCC2(CCN(C(=O)Cc3ccc(Cl)cc3)CC2)COc2ccccc21. The first kappa shape index (κ1) is 24.6. The number of hydrogen-bond donors (Lipinski definition) is 1. The van der Waals surface area contributed by atoms with Crippen LogP contribution in [0.4, 0.5) is 0 Å². The first-order valence-corrected chi connectivity index (χ1v) is 12.5. The van der Waals surface area contributed by atoms with Crippen molar-refractivity contribution in [1.29, 1.82) is 0 Å². The van der Waals surface area contributed by atoms with E-state index in [0.29, 0.717) is 62.2 Å². The van der Waals surface area contributed by atoms with Gasteiger partial charge in [0, 0.05) is 36.7 Å². The Balaban J connectivity index is 1.42. The van der Waals surface area contributed by atoms with Crippen LogP contribution in [-0.4, -0.2) is 56.2 Å². The minimum Gasteiger partial charge on any atom is -0.492 e. The molecular formula is C27H33ClN2O4. The molecule has 2 aromatic carbocycles. The third-order valence-electron chi connectivity index (χ3n) is 6.89. The summed E-state index contributed by atoms with van der Waals surface area (Å²) in [7, 11) is 0. The van der Waals surface area contributed by atoms with Crippen molar-refractivity contribution in [3.05, 3.63) is 64.7 Å². The molecule has 0 aromatic heterocycles. The van der Waals surface area contributed by atoms with Crippen molar-refractivity contribution < 1.29 is 19.1 Å². The molecule has 2 amide bonds. The zero-order valence-electron chi connectivity index (χ0n) is 19.6. The van der Waals surface area contributed by atoms with Crippen molar-refractivity contribution in [2.24, 2.45) is 5.41 Å². The van der Waals surface area contributed by atoms with E-state index in [1.54, 1.807) is 6.07 Å². The molecule has 0 aliphatic carbocycles. The van der Waals surface area contributed by atoms with Gasteiger partial charge in [-0.05, 0) is 55.5 Å². The van der Waals surface area contributed by atoms with Gasteiger partial charge in [0.1, 0.15) is 5.75 Å². The summed E-state index contributed by atoms with van der Waals surface area (Å²) in [5.74, 6) is 0.612. The fourth-order valence-corrected chi connectivity index (χ4v) is 4.86. The molecule has 182 valence electrons. The minimum atomic E-state index is -0.145. The van der Waals surface area contributed by atoms with E-state index < -0.39 is 0 Å². The van der Waals surface area contributed by atoms with Crippen molar-refractivity contribution >= 4 is 23.4 Å². The summed E-state index contributed by atoms with van der Waals surface area (Å²) < 4.78 is 12.0. The molecule has 0 saturated carbocycles. The van der Waals surface area contributed by atoms with Crippen LogP contribution >= 0.6 is 11.6 Å². The van der Waals surface area contributed by atoms with Gasteiger partial charge in [-0.2, -0.15) is 0 Å². The number of rotatable bonds is 2. The summed E-state index contributed by atoms with van der Waals surface area (Å²) in [4.78, 5) is 27.5. The number of amides is 2. The van der Waals surface area contributed by atoms with Gasteiger partial charge in [0.05, 0.1) is 25.2 Å². The molecular weight excluding hydrogens is 452 g/mol. The fraction of sp³-hybridized carbons (Fsp3) is 0.481. The Morgan fingerprint density at radius 2 is 1.76 bits per heavy atom. The van der Waals surface area contributed by atoms with Crippen LogP contribution in [0.3, 0.4) is 0 Å². The maximum atomic E-state index is 12.9. The van der Waals surface area contributed by atoms with Gasteiger partial charge in [-0.3, -0.25) is 9.59 Å². The summed E-state index contributed by atoms with van der Waals surface area (Å²) >= 11 is 5.97. The number of nitrogens with one attached hydrogen (secondary N) is 1. The first-order chi connectivity index (χ1) is 16.5. The van der Waals surface area contributed by atoms with Crippen molar-refractivity contribution in [3.63, 3.8) is 0 Å². The maximum absolute atomic E-state index is 12.9. The summed E-state index contributed by atoms with van der Waals surface area (Å²) in [6.45, 7) is 3.65. The Bertz CT molecular complexity index is 971. The summed E-state index contributed by atoms with van der Waals surface area (Å²) in [5.41, 5.74) is 1.50. The molecule has 7 heteroatoms. The molecule has 6 nitrogen and oxygen atoms in total. The quantitative estimate of drug-likeness (QED) is 0.681. The molecule has 1 fully saturated rings. The predicted octanol–water partition coefficient (Wildman–Crippen LogP) is 4.50. The number of para-hydroxylation sites is 1. The highest BCUT2D eigenvalue weighted by Crippen LogP contribution is 2.38. The maximum Gasteiger partial charge on any atom is 0.255 e. The molecule has 1 N–H and O–H groups in total. The normalized spacial score (nSPS) is 19.4. The second-order valence-corrected chi connectivity index (χ2v) is 9.73. The number of fused-ring (bicyclic) bond motifs is 1. The van der Waals surface area contributed by atoms with Gasteiger partial charge in [-0.25, -0.2) is 0 Å². The summed E-state index contributed by atoms with van der Waals surface area (Å²) in [5, 5.41) is 3.58. The number of carbonyl (C=O) groups is 2. The second kappa shape index (κ2) is 11.7. The van der Waals surface area contributed by atoms with Crippen LogP contribution in [0.15, 0.2) is 48.5 Å². The molecule has 2 aliphatic heterocycles. The number of likely N-dealkylation sites (tertiary alicyclic amines) is 1. The first-order valence-electron chi connectivity index (χ1n) is 12.1. The second-order valence-electron chi connectivity index (χ2n) is 9.29. The molecule has 2 heterocycles. The van der Waals surface area contributed by atoms with Crippen LogP contribution < -0.4 is 10.1 Å². The molecule has 1 saturated heterocycles. The van der Waals surface area contributed by atoms with E-state index >= 15 is 0 Å². The van der Waals surface area contributed by atoms with Gasteiger partial charge >= 0.3 is 0 Å². The Morgan fingerprint density at radius 1 is 1.00 bits per heavy atom. The molecule has 0 atom stereocenters. The largest absolute Gasteiger partial charge is 0.492 e. The fourth-order valence-electron chi connectivity index (χ4n) is 4.73. The smallest absolute Gasteiger partial charge is 0.255 e. The average Bonchev–Trinajstić information content (AvgIpc) is 2.86. The van der Waals surface area contributed by atoms with E-state index in [-0.39, 0.29) is 17.2 Å². The number of ether oxygens (including phenoxy) is 2. The van der Waals surface area contributed by atoms with Crippen molar-refractivity contribution in [3.8, 4) is 5.75 Å². The van der Waals surface area contributed by atoms with E-state index in [2.05, 4.69) is 5.32 Å². The summed E-state index contributed by atoms with van der Waals surface area (Å²) in [6.07, 6.45) is 5.20. The Labute approximate surface area is 206 Å². The lowest BCUT2D eigenvalue weighted by Crippen LogP contribution is -2.46. The lowest BCUT2D eigenvalue weighted by Gasteiger charge is -2.42. The third kappa shape index (κ3) is 6.51. The van der Waals surface area contributed by atoms with Gasteiger partial charge < -0.3 is 19.7 Å². The van der Waals surface area contributed by atoms with Gasteiger partial charge in [0.15, 0.2) is 0 Å². The van der Waals surface area contributed by atoms with Crippen molar-refractivity contribution in [2.75, 3.05) is 39.5 Å². The third-order valence-corrected chi connectivity index (χ3v) is 7.14. The highest BCUT2D eigenvalue weighted by atomic mass is 35.5. The zero-order valence-corrected chi connectivity index (χ0v) is 20.3. The van der Waals surface area contributed by atoms with Gasteiger partial charge in [0.25, 0.3) is 5.91 Å². The van der Waals surface area contributed by atoms with Gasteiger partial charge in [-0.15, -0.1) is 0 Å². The van der Waals surface area contributed by atoms with E-state index in [1.165, 1.54) is 0 Å². The zero-order chi connectivity index (χ0) is 23.8. The highest BCUT2D eigenvalue weighted by molar-refractivity contribution is 6.30. The minimum absolute atomic E-state index is 0.0231. The number of halogens is 1. The Kier molecular flexibility index (Phi) is 8.46. The van der Waals surface area contributed by atoms with Crippen LogP contribution in [-0.2, 0) is 16.0 Å². The predicted molar refractivity (Wildman–Crippen MR) is 132 cm³/mol. The number of carbonyl (C=O) groups excluding carboxylic acids is 2. The van der Waals surface area contributed by atoms with Crippen LogP contribution in [0.1, 0.15) is 48.0 Å². The Morgan fingerprint density at radius 3 is 2.56 bits per heavy atom. The van der Waals surface area contributed by atoms with Crippen LogP contribution in [0.5, 0.6) is 5.75 Å². The molecule has 0 unspecified atom stereocenters. The lowest BCUT2D eigenvalue weighted by molar-refractivity contribution is -0.133.